The quantitative estimate of drug-likeness (QED) is 0.735. The number of amides is 2. The molecule has 7 nitrogen and oxygen atoms in total. The molecule has 0 unspecified atom stereocenters. The highest BCUT2D eigenvalue weighted by molar-refractivity contribution is 5.97. The van der Waals surface area contributed by atoms with Crippen LogP contribution in [0.3, 0.4) is 0 Å². The van der Waals surface area contributed by atoms with Gasteiger partial charge in [-0.1, -0.05) is 23.4 Å². The van der Waals surface area contributed by atoms with Crippen LogP contribution >= 0.6 is 0 Å². The molecule has 0 spiro atoms. The van der Waals surface area contributed by atoms with Crippen LogP contribution in [0.4, 0.5) is 0 Å². The standard InChI is InChI=1S/C21H22N4O3/c22-21(27)17-13-15-3-1-2-4-18(15)24-20(17)14-8-11-25(12-9-14)19(26)6-5-16-7-10-23-28-16/h1-4,7,10,13-14H,5-6,8-9,11-12H2,(H2,22,27). The van der Waals surface area contributed by atoms with Crippen LogP contribution in [-0.4, -0.2) is 39.9 Å². The van der Waals surface area contributed by atoms with E-state index in [0.717, 1.165) is 35.2 Å². The molecule has 1 aliphatic rings. The average Bonchev–Trinajstić information content (AvgIpc) is 3.25. The average molecular weight is 378 g/mol. The van der Waals surface area contributed by atoms with Crippen LogP contribution in [-0.2, 0) is 11.2 Å². The van der Waals surface area contributed by atoms with E-state index in [1.807, 2.05) is 35.2 Å². The second kappa shape index (κ2) is 7.80. The van der Waals surface area contributed by atoms with Crippen molar-refractivity contribution in [3.63, 3.8) is 0 Å². The summed E-state index contributed by atoms with van der Waals surface area (Å²) in [6.45, 7) is 1.29. The highest BCUT2D eigenvalue weighted by atomic mass is 16.5. The van der Waals surface area contributed by atoms with Crippen molar-refractivity contribution in [2.45, 2.75) is 31.6 Å². The topological polar surface area (TPSA) is 102 Å². The van der Waals surface area contributed by atoms with Crippen molar-refractivity contribution in [1.82, 2.24) is 15.0 Å². The first-order valence-electron chi connectivity index (χ1n) is 9.48. The molecule has 0 radical (unpaired) electrons. The molecule has 1 aromatic carbocycles. The van der Waals surface area contributed by atoms with E-state index in [1.165, 1.54) is 0 Å². The highest BCUT2D eigenvalue weighted by Gasteiger charge is 2.27. The van der Waals surface area contributed by atoms with E-state index in [-0.39, 0.29) is 11.8 Å². The fraction of sp³-hybridized carbons (Fsp3) is 0.333. The van der Waals surface area contributed by atoms with E-state index in [4.69, 9.17) is 15.2 Å². The minimum absolute atomic E-state index is 0.108. The number of likely N-dealkylation sites (tertiary alicyclic amines) is 1. The summed E-state index contributed by atoms with van der Waals surface area (Å²) in [4.78, 5) is 31.1. The Morgan fingerprint density at radius 1 is 1.18 bits per heavy atom. The molecule has 144 valence electrons. The van der Waals surface area contributed by atoms with Gasteiger partial charge in [0.15, 0.2) is 0 Å². The number of aryl methyl sites for hydroxylation is 1. The number of primary amides is 1. The molecule has 1 saturated heterocycles. The number of nitrogens with two attached hydrogens (primary N) is 1. The van der Waals surface area contributed by atoms with Crippen molar-refractivity contribution in [3.8, 4) is 0 Å². The van der Waals surface area contributed by atoms with Crippen molar-refractivity contribution >= 4 is 22.7 Å². The van der Waals surface area contributed by atoms with Gasteiger partial charge in [-0.2, -0.15) is 0 Å². The largest absolute Gasteiger partial charge is 0.366 e. The maximum Gasteiger partial charge on any atom is 0.250 e. The zero-order valence-corrected chi connectivity index (χ0v) is 15.5. The first-order chi connectivity index (χ1) is 13.6. The molecule has 3 aromatic rings. The zero-order chi connectivity index (χ0) is 19.5. The lowest BCUT2D eigenvalue weighted by Crippen LogP contribution is -2.38. The molecule has 0 aliphatic carbocycles. The van der Waals surface area contributed by atoms with Crippen LogP contribution in [0.25, 0.3) is 10.9 Å². The number of fused-ring (bicyclic) bond motifs is 1. The Balaban J connectivity index is 1.45. The predicted molar refractivity (Wildman–Crippen MR) is 104 cm³/mol. The van der Waals surface area contributed by atoms with Crippen molar-refractivity contribution in [3.05, 3.63) is 59.6 Å². The lowest BCUT2D eigenvalue weighted by Gasteiger charge is -2.32. The Labute approximate surface area is 162 Å². The van der Waals surface area contributed by atoms with E-state index in [2.05, 4.69) is 5.16 Å². The second-order valence-corrected chi connectivity index (χ2v) is 7.11. The summed E-state index contributed by atoms with van der Waals surface area (Å²) in [5, 5.41) is 4.56. The third kappa shape index (κ3) is 3.74. The number of carbonyl (C=O) groups is 2. The maximum atomic E-state index is 12.5. The van der Waals surface area contributed by atoms with E-state index in [9.17, 15) is 9.59 Å². The molecule has 7 heteroatoms. The molecule has 0 bridgehead atoms. The molecule has 2 N–H and O–H groups in total. The summed E-state index contributed by atoms with van der Waals surface area (Å²) in [7, 11) is 0. The minimum atomic E-state index is -0.459. The summed E-state index contributed by atoms with van der Waals surface area (Å²) in [6.07, 6.45) is 4.06. The summed E-state index contributed by atoms with van der Waals surface area (Å²) in [5.41, 5.74) is 7.70. The number of carbonyl (C=O) groups excluding carboxylic acids is 2. The third-order valence-corrected chi connectivity index (χ3v) is 5.33. The number of hydrogen-bond acceptors (Lipinski definition) is 5. The lowest BCUT2D eigenvalue weighted by atomic mass is 9.89. The number of rotatable bonds is 5. The first kappa shape index (κ1) is 18.2. The molecule has 1 aliphatic heterocycles. The van der Waals surface area contributed by atoms with Gasteiger partial charge in [-0.3, -0.25) is 14.6 Å². The lowest BCUT2D eigenvalue weighted by molar-refractivity contribution is -0.132. The molecule has 2 aromatic heterocycles. The Bertz CT molecular complexity index is 992. The minimum Gasteiger partial charge on any atom is -0.366 e. The van der Waals surface area contributed by atoms with Gasteiger partial charge in [0.25, 0.3) is 5.91 Å². The molecule has 0 atom stereocenters. The number of para-hydroxylation sites is 1. The van der Waals surface area contributed by atoms with Crippen LogP contribution in [0.1, 0.15) is 47.0 Å². The van der Waals surface area contributed by atoms with Crippen LogP contribution in [0.2, 0.25) is 0 Å². The Kier molecular flexibility index (Phi) is 5.06. The van der Waals surface area contributed by atoms with Crippen LogP contribution in [0.5, 0.6) is 0 Å². The fourth-order valence-corrected chi connectivity index (χ4v) is 3.80. The number of aromatic nitrogens is 2. The van der Waals surface area contributed by atoms with Crippen LogP contribution in [0.15, 0.2) is 47.1 Å². The van der Waals surface area contributed by atoms with Gasteiger partial charge in [-0.05, 0) is 25.0 Å². The highest BCUT2D eigenvalue weighted by Crippen LogP contribution is 2.31. The van der Waals surface area contributed by atoms with Gasteiger partial charge in [0.2, 0.25) is 5.91 Å². The Hall–Kier alpha value is -3.22. The third-order valence-electron chi connectivity index (χ3n) is 5.33. The van der Waals surface area contributed by atoms with Gasteiger partial charge >= 0.3 is 0 Å². The predicted octanol–water partition coefficient (Wildman–Crippen LogP) is 2.66. The van der Waals surface area contributed by atoms with Gasteiger partial charge in [-0.15, -0.1) is 0 Å². The van der Waals surface area contributed by atoms with Crippen LogP contribution < -0.4 is 5.73 Å². The van der Waals surface area contributed by atoms with E-state index in [1.54, 1.807) is 12.3 Å². The molecule has 1 fully saturated rings. The van der Waals surface area contributed by atoms with E-state index in [0.29, 0.717) is 31.5 Å². The summed E-state index contributed by atoms with van der Waals surface area (Å²) < 4.78 is 5.04. The van der Waals surface area contributed by atoms with E-state index >= 15 is 0 Å². The maximum absolute atomic E-state index is 12.5. The monoisotopic (exact) mass is 378 g/mol. The van der Waals surface area contributed by atoms with Crippen molar-refractivity contribution in [1.29, 1.82) is 0 Å². The number of piperidine rings is 1. The van der Waals surface area contributed by atoms with Gasteiger partial charge in [0.1, 0.15) is 5.76 Å². The van der Waals surface area contributed by atoms with Gasteiger partial charge in [-0.25, -0.2) is 0 Å². The number of nitrogens with zero attached hydrogens (tertiary/aromatic N) is 3. The normalized spacial score (nSPS) is 15.1. The van der Waals surface area contributed by atoms with Crippen molar-refractivity contribution in [2.75, 3.05) is 13.1 Å². The molecule has 3 heterocycles. The molecule has 4 rings (SSSR count). The number of pyridine rings is 1. The molecule has 28 heavy (non-hydrogen) atoms. The number of hydrogen-bond donors (Lipinski definition) is 1. The SMILES string of the molecule is NC(=O)c1cc2ccccc2nc1C1CCN(C(=O)CCc2ccno2)CC1. The first-order valence-corrected chi connectivity index (χ1v) is 9.48. The zero-order valence-electron chi connectivity index (χ0n) is 15.5. The summed E-state index contributed by atoms with van der Waals surface area (Å²) >= 11 is 0. The molecule has 2 amide bonds. The van der Waals surface area contributed by atoms with Crippen LogP contribution in [0, 0.1) is 0 Å². The van der Waals surface area contributed by atoms with E-state index < -0.39 is 5.91 Å². The van der Waals surface area contributed by atoms with Gasteiger partial charge in [0.05, 0.1) is 23.0 Å². The second-order valence-electron chi connectivity index (χ2n) is 7.11. The smallest absolute Gasteiger partial charge is 0.250 e. The molecular formula is C21H22N4O3. The Morgan fingerprint density at radius 2 is 1.96 bits per heavy atom. The summed E-state index contributed by atoms with van der Waals surface area (Å²) in [6, 6.07) is 11.3. The molecule has 0 saturated carbocycles. The molecular weight excluding hydrogens is 356 g/mol. The summed E-state index contributed by atoms with van der Waals surface area (Å²) in [5.74, 6) is 0.482. The Morgan fingerprint density at radius 3 is 2.68 bits per heavy atom. The number of benzene rings is 1. The van der Waals surface area contributed by atoms with Gasteiger partial charge < -0.3 is 15.2 Å². The fourth-order valence-electron chi connectivity index (χ4n) is 3.80. The van der Waals surface area contributed by atoms with Gasteiger partial charge in [0, 0.05) is 43.3 Å². The van der Waals surface area contributed by atoms with Crippen molar-refractivity contribution < 1.29 is 14.1 Å². The van der Waals surface area contributed by atoms with Crippen molar-refractivity contribution in [2.24, 2.45) is 5.73 Å².